The molecule has 0 N–H and O–H groups in total. The molecular formula is C31H17I2N3O2. The topological polar surface area (TPSA) is 65.0 Å². The smallest absolute Gasteiger partial charge is 0.246 e. The Kier molecular flexibility index (Phi) is 5.96. The van der Waals surface area contributed by atoms with Gasteiger partial charge < -0.3 is 8.83 Å². The van der Waals surface area contributed by atoms with Gasteiger partial charge in [-0.25, -0.2) is 15.0 Å². The Morgan fingerprint density at radius 3 is 1.45 bits per heavy atom. The maximum Gasteiger partial charge on any atom is 0.246 e. The van der Waals surface area contributed by atoms with Gasteiger partial charge in [-0.1, -0.05) is 84.9 Å². The molecule has 3 aromatic heterocycles. The zero-order valence-electron chi connectivity index (χ0n) is 19.7. The molecule has 7 heteroatoms. The Labute approximate surface area is 245 Å². The number of oxazole rings is 2. The molecule has 7 aromatic rings. The Bertz CT molecular complexity index is 1830. The molecule has 0 saturated heterocycles. The molecule has 0 fully saturated rings. The molecule has 0 aliphatic carbocycles. The van der Waals surface area contributed by atoms with Gasteiger partial charge in [0.2, 0.25) is 11.8 Å². The lowest BCUT2D eigenvalue weighted by Gasteiger charge is -2.05. The van der Waals surface area contributed by atoms with Crippen LogP contribution in [0.15, 0.2) is 112 Å². The molecule has 4 aromatic carbocycles. The van der Waals surface area contributed by atoms with E-state index in [-0.39, 0.29) is 0 Å². The number of benzene rings is 4. The van der Waals surface area contributed by atoms with Crippen LogP contribution in [0.4, 0.5) is 0 Å². The fraction of sp³-hybridized carbons (Fsp3) is 0. The average molecular weight is 717 g/mol. The fourth-order valence-electron chi connectivity index (χ4n) is 4.68. The van der Waals surface area contributed by atoms with E-state index >= 15 is 0 Å². The van der Waals surface area contributed by atoms with Crippen molar-refractivity contribution in [2.45, 2.75) is 0 Å². The number of pyridine rings is 1. The number of hydrogen-bond acceptors (Lipinski definition) is 5. The third kappa shape index (κ3) is 4.10. The Morgan fingerprint density at radius 1 is 0.500 bits per heavy atom. The quantitative estimate of drug-likeness (QED) is 0.170. The standard InChI is InChI=1S/C31H17I2N3O2/c32-24-15-25(33)29(31-35-27(17-38-31)23-14-6-10-19-8-2-4-12-21(19)23)36-28(24)30-34-26(16-37-30)22-13-5-9-18-7-1-3-11-20(18)22/h1-17H. The molecule has 38 heavy (non-hydrogen) atoms. The Balaban J connectivity index is 1.29. The number of nitrogens with zero attached hydrogens (tertiary/aromatic N) is 3. The van der Waals surface area contributed by atoms with Gasteiger partial charge >= 0.3 is 0 Å². The fourth-order valence-corrected chi connectivity index (χ4v) is 6.60. The van der Waals surface area contributed by atoms with E-state index in [0.29, 0.717) is 23.2 Å². The molecule has 0 bridgehead atoms. The van der Waals surface area contributed by atoms with Crippen molar-refractivity contribution < 1.29 is 8.83 Å². The van der Waals surface area contributed by atoms with Crippen LogP contribution in [0.5, 0.6) is 0 Å². The van der Waals surface area contributed by atoms with Gasteiger partial charge in [0, 0.05) is 18.3 Å². The van der Waals surface area contributed by atoms with Crippen LogP contribution in [0, 0.1) is 7.14 Å². The van der Waals surface area contributed by atoms with Crippen molar-refractivity contribution in [2.24, 2.45) is 0 Å². The first-order valence-electron chi connectivity index (χ1n) is 11.9. The highest BCUT2D eigenvalue weighted by Crippen LogP contribution is 2.35. The third-order valence-electron chi connectivity index (χ3n) is 6.47. The van der Waals surface area contributed by atoms with Crippen LogP contribution < -0.4 is 0 Å². The minimum absolute atomic E-state index is 0.454. The summed E-state index contributed by atoms with van der Waals surface area (Å²) in [5.74, 6) is 0.909. The molecule has 0 spiro atoms. The lowest BCUT2D eigenvalue weighted by molar-refractivity contribution is 0.567. The highest BCUT2D eigenvalue weighted by Gasteiger charge is 2.21. The maximum absolute atomic E-state index is 5.96. The van der Waals surface area contributed by atoms with E-state index in [1.165, 1.54) is 0 Å². The van der Waals surface area contributed by atoms with Gasteiger partial charge in [0.15, 0.2) is 0 Å². The Hall–Kier alpha value is -3.57. The van der Waals surface area contributed by atoms with Crippen molar-refractivity contribution >= 4 is 66.7 Å². The van der Waals surface area contributed by atoms with Crippen LogP contribution in [0.25, 0.3) is 67.2 Å². The highest BCUT2D eigenvalue weighted by atomic mass is 127. The predicted octanol–water partition coefficient (Wildman–Crippen LogP) is 9.24. The van der Waals surface area contributed by atoms with Crippen molar-refractivity contribution in [3.05, 3.63) is 111 Å². The lowest BCUT2D eigenvalue weighted by Crippen LogP contribution is -1.96. The molecule has 0 saturated carbocycles. The van der Waals surface area contributed by atoms with E-state index in [0.717, 1.165) is 51.2 Å². The van der Waals surface area contributed by atoms with Gasteiger partial charge in [0.25, 0.3) is 0 Å². The number of hydrogen-bond donors (Lipinski definition) is 0. The summed E-state index contributed by atoms with van der Waals surface area (Å²) >= 11 is 4.54. The maximum atomic E-state index is 5.96. The third-order valence-corrected chi connectivity index (χ3v) is 8.12. The van der Waals surface area contributed by atoms with Crippen LogP contribution in [-0.2, 0) is 0 Å². The van der Waals surface area contributed by atoms with Crippen LogP contribution in [-0.4, -0.2) is 15.0 Å². The first-order chi connectivity index (χ1) is 18.7. The van der Waals surface area contributed by atoms with E-state index in [4.69, 9.17) is 23.8 Å². The van der Waals surface area contributed by atoms with Crippen molar-refractivity contribution in [2.75, 3.05) is 0 Å². The van der Waals surface area contributed by atoms with Gasteiger partial charge in [0.05, 0.1) is 0 Å². The van der Waals surface area contributed by atoms with E-state index in [1.54, 1.807) is 12.5 Å². The second kappa shape index (κ2) is 9.63. The average Bonchev–Trinajstić information content (AvgIpc) is 3.63. The second-order valence-corrected chi connectivity index (χ2v) is 11.1. The number of rotatable bonds is 4. The number of aromatic nitrogens is 3. The summed E-state index contributed by atoms with van der Waals surface area (Å²) in [4.78, 5) is 14.6. The monoisotopic (exact) mass is 717 g/mol. The normalized spacial score (nSPS) is 11.4. The molecule has 0 radical (unpaired) electrons. The summed E-state index contributed by atoms with van der Waals surface area (Å²) in [7, 11) is 0. The minimum atomic E-state index is 0.454. The Morgan fingerprint density at radius 2 is 0.947 bits per heavy atom. The predicted molar refractivity (Wildman–Crippen MR) is 167 cm³/mol. The summed E-state index contributed by atoms with van der Waals surface area (Å²) in [6.45, 7) is 0. The summed E-state index contributed by atoms with van der Waals surface area (Å²) in [6, 6.07) is 30.9. The van der Waals surface area contributed by atoms with E-state index in [2.05, 4.69) is 93.7 Å². The lowest BCUT2D eigenvalue weighted by atomic mass is 10.0. The van der Waals surface area contributed by atoms with E-state index < -0.39 is 0 Å². The van der Waals surface area contributed by atoms with Crippen LogP contribution in [0.1, 0.15) is 0 Å². The van der Waals surface area contributed by atoms with Crippen LogP contribution in [0.2, 0.25) is 0 Å². The second-order valence-electron chi connectivity index (χ2n) is 8.78. The van der Waals surface area contributed by atoms with E-state index in [9.17, 15) is 0 Å². The number of halogens is 2. The molecule has 5 nitrogen and oxygen atoms in total. The first kappa shape index (κ1) is 23.5. The molecule has 182 valence electrons. The largest absolute Gasteiger partial charge is 0.443 e. The van der Waals surface area contributed by atoms with Gasteiger partial charge in [-0.2, -0.15) is 0 Å². The molecule has 0 amide bonds. The molecular weight excluding hydrogens is 700 g/mol. The van der Waals surface area contributed by atoms with Crippen molar-refractivity contribution in [3.63, 3.8) is 0 Å². The molecule has 3 heterocycles. The van der Waals surface area contributed by atoms with Gasteiger partial charge in [-0.15, -0.1) is 0 Å². The SMILES string of the molecule is Ic1cc(I)c(-c2nc(-c3cccc4ccccc34)co2)nc1-c1nc(-c2cccc3ccccc23)co1. The summed E-state index contributed by atoms with van der Waals surface area (Å²) in [5, 5.41) is 4.57. The van der Waals surface area contributed by atoms with Crippen molar-refractivity contribution in [1.82, 2.24) is 15.0 Å². The molecule has 0 aliphatic heterocycles. The van der Waals surface area contributed by atoms with Crippen LogP contribution >= 0.6 is 45.2 Å². The molecule has 0 aliphatic rings. The van der Waals surface area contributed by atoms with E-state index in [1.807, 2.05) is 42.5 Å². The van der Waals surface area contributed by atoms with Crippen molar-refractivity contribution in [3.8, 4) is 45.7 Å². The summed E-state index contributed by atoms with van der Waals surface area (Å²) in [5.41, 5.74) is 4.88. The highest BCUT2D eigenvalue weighted by molar-refractivity contribution is 14.1. The number of fused-ring (bicyclic) bond motifs is 2. The van der Waals surface area contributed by atoms with Gasteiger partial charge in [-0.3, -0.25) is 0 Å². The minimum Gasteiger partial charge on any atom is -0.443 e. The first-order valence-corrected chi connectivity index (χ1v) is 14.1. The van der Waals surface area contributed by atoms with Gasteiger partial charge in [-0.05, 0) is 72.8 Å². The summed E-state index contributed by atoms with van der Waals surface area (Å²) < 4.78 is 13.8. The molecule has 0 atom stereocenters. The van der Waals surface area contributed by atoms with Crippen LogP contribution in [0.3, 0.4) is 0 Å². The molecule has 7 rings (SSSR count). The zero-order valence-corrected chi connectivity index (χ0v) is 24.0. The zero-order chi connectivity index (χ0) is 25.6. The van der Waals surface area contributed by atoms with Crippen molar-refractivity contribution in [1.29, 1.82) is 0 Å². The van der Waals surface area contributed by atoms with Gasteiger partial charge in [0.1, 0.15) is 35.3 Å². The molecule has 0 unspecified atom stereocenters. The summed E-state index contributed by atoms with van der Waals surface area (Å²) in [6.07, 6.45) is 3.38.